The van der Waals surface area contributed by atoms with Crippen molar-refractivity contribution in [3.8, 4) is 11.5 Å². The van der Waals surface area contributed by atoms with Crippen LogP contribution in [0.5, 0.6) is 11.5 Å². The lowest BCUT2D eigenvalue weighted by Crippen LogP contribution is -2.18. The molecule has 140 valence electrons. The van der Waals surface area contributed by atoms with E-state index in [2.05, 4.69) is 31.2 Å². The van der Waals surface area contributed by atoms with E-state index in [1.807, 2.05) is 10.7 Å². The standard InChI is InChI=1S/C20H27N3O3/c1-13(2)12-26-17-8-7-16(11-18(17)25-4)20(24)22-19-9-10-21-23(19)14(3)15-5-6-15/h7-11,13-15H,5-6,12H2,1-4H3,(H,22,24). The van der Waals surface area contributed by atoms with Crippen molar-refractivity contribution in [1.82, 2.24) is 9.78 Å². The zero-order valence-electron chi connectivity index (χ0n) is 15.9. The Kier molecular flexibility index (Phi) is 5.49. The molecular formula is C20H27N3O3. The first kappa shape index (κ1) is 18.3. The fourth-order valence-corrected chi connectivity index (χ4v) is 2.89. The summed E-state index contributed by atoms with van der Waals surface area (Å²) in [5.74, 6) is 2.79. The largest absolute Gasteiger partial charge is 0.493 e. The van der Waals surface area contributed by atoms with Gasteiger partial charge in [-0.15, -0.1) is 0 Å². The number of methoxy groups -OCH3 is 1. The number of carbonyl (C=O) groups excluding carboxylic acids is 1. The van der Waals surface area contributed by atoms with Crippen LogP contribution in [0.15, 0.2) is 30.5 Å². The van der Waals surface area contributed by atoms with Crippen LogP contribution in [0, 0.1) is 11.8 Å². The van der Waals surface area contributed by atoms with Crippen LogP contribution in [0.1, 0.15) is 50.0 Å². The van der Waals surface area contributed by atoms with Crippen molar-refractivity contribution in [2.45, 2.75) is 39.7 Å². The second-order valence-electron chi connectivity index (χ2n) is 7.26. The van der Waals surface area contributed by atoms with E-state index in [1.165, 1.54) is 12.8 Å². The van der Waals surface area contributed by atoms with Gasteiger partial charge in [-0.1, -0.05) is 13.8 Å². The fraction of sp³-hybridized carbons (Fsp3) is 0.500. The average Bonchev–Trinajstić information content (AvgIpc) is 3.38. The molecule has 1 atom stereocenters. The van der Waals surface area contributed by atoms with Crippen molar-refractivity contribution in [3.05, 3.63) is 36.0 Å². The summed E-state index contributed by atoms with van der Waals surface area (Å²) in [7, 11) is 1.58. The maximum absolute atomic E-state index is 12.7. The third kappa shape index (κ3) is 4.18. The summed E-state index contributed by atoms with van der Waals surface area (Å²) in [6.07, 6.45) is 4.17. The predicted molar refractivity (Wildman–Crippen MR) is 101 cm³/mol. The van der Waals surface area contributed by atoms with E-state index in [-0.39, 0.29) is 5.91 Å². The predicted octanol–water partition coefficient (Wildman–Crippen LogP) is 4.15. The van der Waals surface area contributed by atoms with Crippen LogP contribution in [0.25, 0.3) is 0 Å². The summed E-state index contributed by atoms with van der Waals surface area (Å²) in [5.41, 5.74) is 0.519. The fourth-order valence-electron chi connectivity index (χ4n) is 2.89. The molecule has 1 aromatic heterocycles. The highest BCUT2D eigenvalue weighted by molar-refractivity contribution is 6.04. The van der Waals surface area contributed by atoms with Gasteiger partial charge in [0.05, 0.1) is 26.0 Å². The second kappa shape index (κ2) is 7.81. The van der Waals surface area contributed by atoms with E-state index in [4.69, 9.17) is 9.47 Å². The van der Waals surface area contributed by atoms with Gasteiger partial charge in [0.1, 0.15) is 5.82 Å². The molecule has 1 heterocycles. The lowest BCUT2D eigenvalue weighted by molar-refractivity contribution is 0.102. The number of aromatic nitrogens is 2. The molecule has 1 amide bonds. The van der Waals surface area contributed by atoms with Gasteiger partial charge in [-0.3, -0.25) is 4.79 Å². The molecule has 3 rings (SSSR count). The summed E-state index contributed by atoms with van der Waals surface area (Å²) in [6.45, 7) is 6.91. The first-order valence-corrected chi connectivity index (χ1v) is 9.15. The van der Waals surface area contributed by atoms with Crippen LogP contribution in [-0.4, -0.2) is 29.4 Å². The van der Waals surface area contributed by atoms with E-state index < -0.39 is 0 Å². The summed E-state index contributed by atoms with van der Waals surface area (Å²) in [6, 6.07) is 7.35. The van der Waals surface area contributed by atoms with Gasteiger partial charge < -0.3 is 14.8 Å². The molecule has 1 aliphatic rings. The maximum atomic E-state index is 12.7. The van der Waals surface area contributed by atoms with Gasteiger partial charge >= 0.3 is 0 Å². The highest BCUT2D eigenvalue weighted by Crippen LogP contribution is 2.40. The van der Waals surface area contributed by atoms with E-state index in [0.717, 1.165) is 0 Å². The molecule has 2 aromatic rings. The molecule has 1 N–H and O–H groups in total. The number of amides is 1. The highest BCUT2D eigenvalue weighted by atomic mass is 16.5. The van der Waals surface area contributed by atoms with Gasteiger partial charge in [0, 0.05) is 11.6 Å². The van der Waals surface area contributed by atoms with E-state index >= 15 is 0 Å². The Bertz CT molecular complexity index is 765. The first-order chi connectivity index (χ1) is 12.5. The number of nitrogens with one attached hydrogen (secondary N) is 1. The Morgan fingerprint density at radius 3 is 2.69 bits per heavy atom. The molecule has 0 spiro atoms. The minimum atomic E-state index is -0.191. The van der Waals surface area contributed by atoms with Crippen molar-refractivity contribution < 1.29 is 14.3 Å². The van der Waals surface area contributed by atoms with Gasteiger partial charge in [0.25, 0.3) is 5.91 Å². The van der Waals surface area contributed by atoms with Gasteiger partial charge in [-0.25, -0.2) is 4.68 Å². The van der Waals surface area contributed by atoms with Crippen LogP contribution in [0.4, 0.5) is 5.82 Å². The smallest absolute Gasteiger partial charge is 0.256 e. The Hall–Kier alpha value is -2.50. The molecule has 6 nitrogen and oxygen atoms in total. The molecule has 1 aromatic carbocycles. The Balaban J connectivity index is 1.73. The minimum absolute atomic E-state index is 0.191. The summed E-state index contributed by atoms with van der Waals surface area (Å²) < 4.78 is 13.0. The number of hydrogen-bond donors (Lipinski definition) is 1. The number of benzene rings is 1. The number of anilines is 1. The van der Waals surface area contributed by atoms with Crippen molar-refractivity contribution in [2.75, 3.05) is 19.0 Å². The molecule has 1 unspecified atom stereocenters. The number of rotatable bonds is 8. The van der Waals surface area contributed by atoms with Crippen molar-refractivity contribution >= 4 is 11.7 Å². The van der Waals surface area contributed by atoms with E-state index in [1.54, 1.807) is 31.5 Å². The number of nitrogens with zero attached hydrogens (tertiary/aromatic N) is 2. The lowest BCUT2D eigenvalue weighted by Gasteiger charge is -2.16. The summed E-state index contributed by atoms with van der Waals surface area (Å²) in [5, 5.41) is 7.33. The maximum Gasteiger partial charge on any atom is 0.256 e. The molecule has 0 bridgehead atoms. The zero-order chi connectivity index (χ0) is 18.7. The van der Waals surface area contributed by atoms with Crippen LogP contribution in [0.2, 0.25) is 0 Å². The van der Waals surface area contributed by atoms with Gasteiger partial charge in [-0.05, 0) is 49.8 Å². The van der Waals surface area contributed by atoms with Crippen molar-refractivity contribution in [2.24, 2.45) is 11.8 Å². The topological polar surface area (TPSA) is 65.4 Å². The molecule has 1 aliphatic carbocycles. The Labute approximate surface area is 154 Å². The normalized spacial score (nSPS) is 15.0. The molecular weight excluding hydrogens is 330 g/mol. The zero-order valence-corrected chi connectivity index (χ0v) is 15.9. The number of hydrogen-bond acceptors (Lipinski definition) is 4. The van der Waals surface area contributed by atoms with E-state index in [0.29, 0.717) is 47.4 Å². The van der Waals surface area contributed by atoms with Gasteiger partial charge in [0.15, 0.2) is 11.5 Å². The SMILES string of the molecule is COc1cc(C(=O)Nc2ccnn2C(C)C2CC2)ccc1OCC(C)C. The van der Waals surface area contributed by atoms with Crippen LogP contribution in [-0.2, 0) is 0 Å². The minimum Gasteiger partial charge on any atom is -0.493 e. The van der Waals surface area contributed by atoms with Crippen molar-refractivity contribution in [1.29, 1.82) is 0 Å². The molecule has 1 saturated carbocycles. The highest BCUT2D eigenvalue weighted by Gasteiger charge is 2.30. The van der Waals surface area contributed by atoms with Crippen LogP contribution < -0.4 is 14.8 Å². The third-order valence-electron chi connectivity index (χ3n) is 4.60. The summed E-state index contributed by atoms with van der Waals surface area (Å²) >= 11 is 0. The second-order valence-corrected chi connectivity index (χ2v) is 7.26. The first-order valence-electron chi connectivity index (χ1n) is 9.15. The lowest BCUT2D eigenvalue weighted by atomic mass is 10.2. The molecule has 26 heavy (non-hydrogen) atoms. The molecule has 1 fully saturated rings. The van der Waals surface area contributed by atoms with Gasteiger partial charge in [-0.2, -0.15) is 5.10 Å². The molecule has 0 radical (unpaired) electrons. The van der Waals surface area contributed by atoms with Crippen LogP contribution >= 0.6 is 0 Å². The van der Waals surface area contributed by atoms with Crippen molar-refractivity contribution in [3.63, 3.8) is 0 Å². The van der Waals surface area contributed by atoms with Crippen LogP contribution in [0.3, 0.4) is 0 Å². The quantitative estimate of drug-likeness (QED) is 0.771. The van der Waals surface area contributed by atoms with E-state index in [9.17, 15) is 4.79 Å². The number of ether oxygens (including phenoxy) is 2. The monoisotopic (exact) mass is 357 g/mol. The Morgan fingerprint density at radius 1 is 1.27 bits per heavy atom. The van der Waals surface area contributed by atoms with Gasteiger partial charge in [0.2, 0.25) is 0 Å². The average molecular weight is 357 g/mol. The molecule has 6 heteroatoms. The molecule has 0 aliphatic heterocycles. The Morgan fingerprint density at radius 2 is 2.04 bits per heavy atom. The third-order valence-corrected chi connectivity index (χ3v) is 4.60. The number of carbonyl (C=O) groups is 1. The molecule has 0 saturated heterocycles. The summed E-state index contributed by atoms with van der Waals surface area (Å²) in [4.78, 5) is 12.7.